The maximum atomic E-state index is 12.6. The van der Waals surface area contributed by atoms with Crippen LogP contribution in [0.3, 0.4) is 0 Å². The molecular formula is C15H19N5O2. The van der Waals surface area contributed by atoms with Crippen LogP contribution < -0.4 is 0 Å². The van der Waals surface area contributed by atoms with Gasteiger partial charge in [0.25, 0.3) is 5.91 Å². The lowest BCUT2D eigenvalue weighted by Gasteiger charge is -2.34. The van der Waals surface area contributed by atoms with E-state index in [1.165, 1.54) is 6.20 Å². The van der Waals surface area contributed by atoms with Crippen molar-refractivity contribution in [3.8, 4) is 0 Å². The molecule has 22 heavy (non-hydrogen) atoms. The van der Waals surface area contributed by atoms with Crippen LogP contribution >= 0.6 is 0 Å². The molecule has 1 aliphatic heterocycles. The molecule has 0 unspecified atom stereocenters. The molecule has 0 fully saturated rings. The van der Waals surface area contributed by atoms with E-state index in [2.05, 4.69) is 19.5 Å². The van der Waals surface area contributed by atoms with Gasteiger partial charge < -0.3 is 14.2 Å². The first-order chi connectivity index (χ1) is 10.6. The summed E-state index contributed by atoms with van der Waals surface area (Å²) in [6.07, 6.45) is 4.95. The molecule has 2 aromatic rings. The van der Waals surface area contributed by atoms with Crippen molar-refractivity contribution in [3.63, 3.8) is 0 Å². The zero-order valence-electron chi connectivity index (χ0n) is 13.0. The highest BCUT2D eigenvalue weighted by atomic mass is 16.5. The maximum Gasteiger partial charge on any atom is 0.274 e. The summed E-state index contributed by atoms with van der Waals surface area (Å²) in [5.41, 5.74) is 2.20. The largest absolute Gasteiger partial charge is 0.378 e. The van der Waals surface area contributed by atoms with Crippen LogP contribution in [0, 0.1) is 6.92 Å². The molecule has 0 spiro atoms. The minimum absolute atomic E-state index is 0.102. The molecule has 1 aliphatic rings. The maximum absolute atomic E-state index is 12.6. The van der Waals surface area contributed by atoms with E-state index in [9.17, 15) is 4.79 Å². The van der Waals surface area contributed by atoms with Gasteiger partial charge in [-0.3, -0.25) is 9.78 Å². The molecule has 3 heterocycles. The molecule has 0 aliphatic carbocycles. The molecule has 0 saturated carbocycles. The second-order valence-electron chi connectivity index (χ2n) is 5.41. The number of nitrogens with zero attached hydrogens (tertiary/aromatic N) is 5. The van der Waals surface area contributed by atoms with Crippen LogP contribution in [-0.2, 0) is 17.9 Å². The number of ether oxygens (including phenoxy) is 1. The van der Waals surface area contributed by atoms with Gasteiger partial charge in [-0.05, 0) is 13.8 Å². The van der Waals surface area contributed by atoms with Gasteiger partial charge in [-0.25, -0.2) is 9.97 Å². The van der Waals surface area contributed by atoms with Crippen molar-refractivity contribution in [1.29, 1.82) is 0 Å². The third kappa shape index (κ3) is 2.48. The second-order valence-corrected chi connectivity index (χ2v) is 5.41. The lowest BCUT2D eigenvalue weighted by atomic mass is 10.2. The Hall–Kier alpha value is -2.28. The molecule has 1 amide bonds. The fraction of sp³-hybridized carbons (Fsp3) is 0.467. The Morgan fingerprint density at radius 3 is 2.77 bits per heavy atom. The Labute approximate surface area is 129 Å². The highest BCUT2D eigenvalue weighted by molar-refractivity contribution is 5.92. The minimum atomic E-state index is -0.109. The average Bonchev–Trinajstić information content (AvgIpc) is 2.92. The molecule has 0 bridgehead atoms. The number of carbonyl (C=O) groups excluding carboxylic acids is 1. The van der Waals surface area contributed by atoms with Gasteiger partial charge in [0, 0.05) is 26.4 Å². The van der Waals surface area contributed by atoms with Crippen LogP contribution in [0.5, 0.6) is 0 Å². The zero-order chi connectivity index (χ0) is 15.7. The quantitative estimate of drug-likeness (QED) is 0.855. The summed E-state index contributed by atoms with van der Waals surface area (Å²) in [5.74, 6) is 0.772. The fourth-order valence-corrected chi connectivity index (χ4v) is 2.75. The number of rotatable bonds is 3. The van der Waals surface area contributed by atoms with Gasteiger partial charge in [0.15, 0.2) is 0 Å². The molecule has 7 nitrogen and oxygen atoms in total. The lowest BCUT2D eigenvalue weighted by molar-refractivity contribution is 0.0626. The van der Waals surface area contributed by atoms with Gasteiger partial charge in [0.2, 0.25) is 0 Å². The Kier molecular flexibility index (Phi) is 3.89. The topological polar surface area (TPSA) is 73.1 Å². The first-order valence-electron chi connectivity index (χ1n) is 7.24. The number of carbonyl (C=O) groups is 1. The van der Waals surface area contributed by atoms with Crippen LogP contribution in [0.2, 0.25) is 0 Å². The number of amides is 1. The van der Waals surface area contributed by atoms with E-state index in [-0.39, 0.29) is 11.9 Å². The number of aryl methyl sites for hydroxylation is 1. The van der Waals surface area contributed by atoms with Gasteiger partial charge in [0.1, 0.15) is 11.5 Å². The number of aromatic nitrogens is 4. The van der Waals surface area contributed by atoms with E-state index in [4.69, 9.17) is 4.74 Å². The molecular weight excluding hydrogens is 282 g/mol. The van der Waals surface area contributed by atoms with E-state index in [0.717, 1.165) is 17.2 Å². The number of hydrogen-bond donors (Lipinski definition) is 0. The summed E-state index contributed by atoms with van der Waals surface area (Å²) < 4.78 is 7.31. The first-order valence-corrected chi connectivity index (χ1v) is 7.24. The van der Waals surface area contributed by atoms with Gasteiger partial charge in [-0.15, -0.1) is 0 Å². The van der Waals surface area contributed by atoms with Gasteiger partial charge in [-0.1, -0.05) is 0 Å². The molecule has 1 atom stereocenters. The smallest absolute Gasteiger partial charge is 0.274 e. The summed E-state index contributed by atoms with van der Waals surface area (Å²) in [7, 11) is 1.66. The molecule has 3 rings (SSSR count). The van der Waals surface area contributed by atoms with E-state index < -0.39 is 0 Å². The van der Waals surface area contributed by atoms with Gasteiger partial charge in [-0.2, -0.15) is 0 Å². The number of fused-ring (bicyclic) bond motifs is 1. The van der Waals surface area contributed by atoms with E-state index in [1.54, 1.807) is 18.2 Å². The van der Waals surface area contributed by atoms with E-state index in [1.807, 2.05) is 20.0 Å². The van der Waals surface area contributed by atoms with E-state index in [0.29, 0.717) is 25.4 Å². The fourth-order valence-electron chi connectivity index (χ4n) is 2.75. The monoisotopic (exact) mass is 301 g/mol. The van der Waals surface area contributed by atoms with Crippen molar-refractivity contribution in [1.82, 2.24) is 24.4 Å². The highest BCUT2D eigenvalue weighted by Crippen LogP contribution is 2.26. The molecule has 0 aromatic carbocycles. The second kappa shape index (κ2) is 5.84. The van der Waals surface area contributed by atoms with Crippen molar-refractivity contribution >= 4 is 5.91 Å². The standard InChI is InChI=1S/C15H19N5O2/c1-10-6-17-13(8-16-10)15(21)19-4-5-20-12(9-22-3)7-18-14(20)11(19)2/h6-8,11H,4-5,9H2,1-3H3/t11-/m0/s1. The van der Waals surface area contributed by atoms with Crippen molar-refractivity contribution in [3.05, 3.63) is 41.5 Å². The average molecular weight is 301 g/mol. The number of hydrogen-bond acceptors (Lipinski definition) is 5. The Bertz CT molecular complexity index is 680. The summed E-state index contributed by atoms with van der Waals surface area (Å²) in [5, 5.41) is 0. The normalized spacial score (nSPS) is 17.4. The minimum Gasteiger partial charge on any atom is -0.378 e. The third-order valence-electron chi connectivity index (χ3n) is 3.93. The van der Waals surface area contributed by atoms with Gasteiger partial charge in [0.05, 0.1) is 36.4 Å². The van der Waals surface area contributed by atoms with Crippen LogP contribution in [0.15, 0.2) is 18.6 Å². The summed E-state index contributed by atoms with van der Waals surface area (Å²) in [4.78, 5) is 27.2. The molecule has 116 valence electrons. The van der Waals surface area contributed by atoms with Crippen LogP contribution in [0.25, 0.3) is 0 Å². The summed E-state index contributed by atoms with van der Waals surface area (Å²) >= 11 is 0. The third-order valence-corrected chi connectivity index (χ3v) is 3.93. The van der Waals surface area contributed by atoms with Crippen molar-refractivity contribution in [2.24, 2.45) is 0 Å². The molecule has 0 radical (unpaired) electrons. The highest BCUT2D eigenvalue weighted by Gasteiger charge is 2.31. The van der Waals surface area contributed by atoms with Crippen molar-refractivity contribution in [2.45, 2.75) is 33.0 Å². The Morgan fingerprint density at radius 1 is 1.27 bits per heavy atom. The number of methoxy groups -OCH3 is 1. The summed E-state index contributed by atoms with van der Waals surface area (Å²) in [6, 6.07) is -0.102. The predicted molar refractivity (Wildman–Crippen MR) is 79.2 cm³/mol. The molecule has 0 N–H and O–H groups in total. The van der Waals surface area contributed by atoms with E-state index >= 15 is 0 Å². The number of imidazole rings is 1. The lowest BCUT2D eigenvalue weighted by Crippen LogP contribution is -2.42. The van der Waals surface area contributed by atoms with Gasteiger partial charge >= 0.3 is 0 Å². The van der Waals surface area contributed by atoms with Crippen LogP contribution in [-0.4, -0.2) is 44.0 Å². The first kappa shape index (κ1) is 14.6. The predicted octanol–water partition coefficient (Wildman–Crippen LogP) is 1.34. The van der Waals surface area contributed by atoms with Crippen molar-refractivity contribution < 1.29 is 9.53 Å². The SMILES string of the molecule is COCc1cnc2n1CCN(C(=O)c1cnc(C)cn1)[C@H]2C. The molecule has 2 aromatic heterocycles. The Morgan fingerprint density at radius 2 is 2.09 bits per heavy atom. The molecule has 7 heteroatoms. The van der Waals surface area contributed by atoms with Crippen LogP contribution in [0.4, 0.5) is 0 Å². The van der Waals surface area contributed by atoms with Crippen LogP contribution in [0.1, 0.15) is 40.7 Å². The zero-order valence-corrected chi connectivity index (χ0v) is 13.0. The molecule has 0 saturated heterocycles. The van der Waals surface area contributed by atoms with Crippen molar-refractivity contribution in [2.75, 3.05) is 13.7 Å². The summed E-state index contributed by atoms with van der Waals surface area (Å²) in [6.45, 7) is 5.68. The Balaban J connectivity index is 1.84.